The number of benzene rings is 3. The molecule has 1 aliphatic heterocycles. The van der Waals surface area contributed by atoms with Gasteiger partial charge in [0.1, 0.15) is 84.3 Å². The van der Waals surface area contributed by atoms with E-state index in [2.05, 4.69) is 73.8 Å². The fourth-order valence-electron chi connectivity index (χ4n) is 14.4. The van der Waals surface area contributed by atoms with Gasteiger partial charge in [-0.3, -0.25) is 76.7 Å². The van der Waals surface area contributed by atoms with Crippen LogP contribution in [0.25, 0.3) is 21.8 Å². The van der Waals surface area contributed by atoms with Gasteiger partial charge in [0.25, 0.3) is 0 Å². The van der Waals surface area contributed by atoms with E-state index in [9.17, 15) is 107 Å². The molecule has 1 saturated heterocycles. The van der Waals surface area contributed by atoms with E-state index in [1.54, 1.807) is 116 Å². The number of aliphatic carboxylic acids is 3. The second kappa shape index (κ2) is 48.5. The number of carboxylic acid groups (broad SMARTS) is 3. The van der Waals surface area contributed by atoms with Gasteiger partial charge in [-0.2, -0.15) is 0 Å². The number of primary amides is 1. The smallest absolute Gasteiger partial charge is 0.326 e. The number of carbonyl (C=O) groups excluding carboxylic acids is 14. The molecule has 14 amide bonds. The maximum Gasteiger partial charge on any atom is 0.326 e. The number of phenolic OH excluding ortho intramolecular Hbond substituents is 1. The first-order valence-corrected chi connectivity index (χ1v) is 41.9. The van der Waals surface area contributed by atoms with Crippen molar-refractivity contribution in [2.45, 2.75) is 256 Å². The molecule has 0 radical (unpaired) electrons. The van der Waals surface area contributed by atoms with Gasteiger partial charge in [0.05, 0.1) is 31.4 Å². The minimum atomic E-state index is -1.96. The second-order valence-corrected chi connectivity index (χ2v) is 33.1. The highest BCUT2D eigenvalue weighted by Crippen LogP contribution is 2.25. The summed E-state index contributed by atoms with van der Waals surface area (Å²) in [6.45, 7) is 16.2. The van der Waals surface area contributed by atoms with E-state index in [0.717, 1.165) is 4.90 Å². The van der Waals surface area contributed by atoms with Crippen molar-refractivity contribution in [2.75, 3.05) is 13.1 Å². The number of phenols is 1. The molecule has 5 aromatic rings. The van der Waals surface area contributed by atoms with Gasteiger partial charge in [-0.15, -0.1) is 0 Å². The number of aliphatic hydroxyl groups is 1. The number of H-pyrrole nitrogens is 2. The number of para-hydroxylation sites is 2. The lowest BCUT2D eigenvalue weighted by Crippen LogP contribution is -2.62. The average Bonchev–Trinajstić information content (AvgIpc) is 1.80. The SMILES string of the molecule is CC[C@H](C)[C@H](NC(=O)[C@H](CC(C)C)NC(=O)[C@H](Cc1c[nH]c2ccccc12)NC(=O)[C@H](CC(C)C)NC(=O)[C@H](CCCCN)NC(=O)[C@@H](NC(=O)[C@H](CC(C)C)NC(=O)[C@@H]1CCCN1C(=O)[C@H](CC(=O)O)NC(=O)[C@H](Cc1ccc(O)cc1)NC(=O)[C@H](Cc1c[nH]c2ccccc12)NC(=O)[C@H](CC(N)=O)NC(=O)[C@H](C)N)[C@@H](C)O)C(=O)N[C@@H](CC(=O)O)C(=O)O. The maximum atomic E-state index is 15.0. The summed E-state index contributed by atoms with van der Waals surface area (Å²) in [6, 6.07) is -2.57. The van der Waals surface area contributed by atoms with Crippen LogP contribution >= 0.6 is 0 Å². The van der Waals surface area contributed by atoms with Gasteiger partial charge in [-0.25, -0.2) is 4.79 Å². The topological polar surface area (TPSA) is 649 Å². The maximum absolute atomic E-state index is 15.0. The molecule has 2 aromatic heterocycles. The largest absolute Gasteiger partial charge is 0.508 e. The van der Waals surface area contributed by atoms with Crippen LogP contribution in [0.15, 0.2) is 85.2 Å². The molecule has 40 nitrogen and oxygen atoms in total. The van der Waals surface area contributed by atoms with E-state index in [-0.39, 0.29) is 101 Å². The molecule has 6 rings (SSSR count). The second-order valence-electron chi connectivity index (χ2n) is 33.1. The van der Waals surface area contributed by atoms with Gasteiger partial charge in [0.2, 0.25) is 82.7 Å². The number of hydrogen-bond acceptors (Lipinski definition) is 21. The predicted molar refractivity (Wildman–Crippen MR) is 456 cm³/mol. The standard InChI is InChI=1S/C85H122N18O22/c1-11-45(8)70(82(121)100-65(85(124)125)39-69(109)110)101-79(118)58(32-43(4)5)94-76(115)61(35-49-40-89-54-21-14-12-19-52(49)54)96-74(113)57(31-42(2)3)93-73(112)56(23-16-17-29-86)91-83(122)71(47(10)104)102-80(119)59(33-44(6)7)98-81(120)66-24-18-30-103(66)84(123)64(38-68(107)108)99-75(114)60(34-48-25-27-51(105)28-26-48)95-77(116)62(36-50-41-90-55-22-15-13-20-53(50)55)97-78(117)63(37-67(88)106)92-72(111)46(9)87/h12-15,19-22,25-28,40-47,56-66,70-71,89-90,104-105H,11,16-18,23-24,29-39,86-87H2,1-10H3,(H2,88,106)(H,91,122)(H,92,111)(H,93,112)(H,94,115)(H,95,116)(H,96,113)(H,97,117)(H,98,120)(H,99,114)(H,100,121)(H,101,118)(H,102,119)(H,107,108)(H,109,110)(H,124,125)/t45-,46-,47+,56-,57-,58-,59-,60-,61-,62-,63-,64-,65-,66-,70-,71-/m0/s1. The van der Waals surface area contributed by atoms with Crippen molar-refractivity contribution in [3.63, 3.8) is 0 Å². The Morgan fingerprint density at radius 2 is 0.856 bits per heavy atom. The van der Waals surface area contributed by atoms with Gasteiger partial charge < -0.3 is 121 Å². The third kappa shape index (κ3) is 31.3. The number of nitrogens with zero attached hydrogens (tertiary/aromatic N) is 1. The molecule has 684 valence electrons. The average molecular weight is 1750 g/mol. The van der Waals surface area contributed by atoms with Gasteiger partial charge in [0, 0.05) is 60.0 Å². The molecule has 0 spiro atoms. The zero-order chi connectivity index (χ0) is 92.8. The number of carboxylic acids is 3. The molecule has 0 saturated carbocycles. The number of nitrogens with two attached hydrogens (primary N) is 3. The Hall–Kier alpha value is -12.6. The van der Waals surface area contributed by atoms with E-state index in [4.69, 9.17) is 17.2 Å². The fraction of sp³-hybridized carbons (Fsp3) is 0.541. The number of carbonyl (C=O) groups is 17. The first-order chi connectivity index (χ1) is 59.0. The first kappa shape index (κ1) is 101. The Balaban J connectivity index is 1.22. The number of fused-ring (bicyclic) bond motifs is 2. The van der Waals surface area contributed by atoms with Gasteiger partial charge >= 0.3 is 17.9 Å². The minimum absolute atomic E-state index is 0.0251. The van der Waals surface area contributed by atoms with Gasteiger partial charge in [-0.05, 0) is 136 Å². The van der Waals surface area contributed by atoms with Crippen LogP contribution in [0.3, 0.4) is 0 Å². The van der Waals surface area contributed by atoms with E-state index < -0.39 is 223 Å². The summed E-state index contributed by atoms with van der Waals surface area (Å²) in [5.41, 5.74) is 19.8. The lowest BCUT2D eigenvalue weighted by atomic mass is 9.96. The van der Waals surface area contributed by atoms with Crippen molar-refractivity contribution < 1.29 is 107 Å². The van der Waals surface area contributed by atoms with Crippen LogP contribution in [0.1, 0.15) is 163 Å². The van der Waals surface area contributed by atoms with Crippen LogP contribution in [-0.2, 0) is 101 Å². The summed E-state index contributed by atoms with van der Waals surface area (Å²) in [5.74, 6) is -20.3. The molecule has 3 aromatic carbocycles. The van der Waals surface area contributed by atoms with Crippen molar-refractivity contribution in [1.29, 1.82) is 0 Å². The molecular formula is C85H122N18O22. The number of unbranched alkanes of at least 4 members (excludes halogenated alkanes) is 1. The number of likely N-dealkylation sites (tertiary alicyclic amines) is 1. The number of nitrogens with one attached hydrogen (secondary N) is 14. The Labute approximate surface area is 722 Å². The Bertz CT molecular complexity index is 4620. The van der Waals surface area contributed by atoms with Crippen LogP contribution in [0.4, 0.5) is 0 Å². The van der Waals surface area contributed by atoms with E-state index in [1.165, 1.54) is 38.1 Å². The van der Waals surface area contributed by atoms with Crippen molar-refractivity contribution in [3.05, 3.63) is 102 Å². The Morgan fingerprint density at radius 3 is 1.31 bits per heavy atom. The lowest BCUT2D eigenvalue weighted by molar-refractivity contribution is -0.147. The Morgan fingerprint density at radius 1 is 0.456 bits per heavy atom. The highest BCUT2D eigenvalue weighted by molar-refractivity contribution is 6.02. The molecule has 0 aliphatic carbocycles. The third-order valence-corrected chi connectivity index (χ3v) is 21.2. The molecule has 1 fully saturated rings. The minimum Gasteiger partial charge on any atom is -0.508 e. The van der Waals surface area contributed by atoms with Crippen LogP contribution in [0, 0.1) is 23.7 Å². The summed E-state index contributed by atoms with van der Waals surface area (Å²) < 4.78 is 0. The number of rotatable bonds is 51. The predicted octanol–water partition coefficient (Wildman–Crippen LogP) is -0.858. The van der Waals surface area contributed by atoms with Crippen LogP contribution in [0.5, 0.6) is 5.75 Å². The van der Waals surface area contributed by atoms with E-state index >= 15 is 0 Å². The number of amides is 14. The van der Waals surface area contributed by atoms with Crippen molar-refractivity contribution in [2.24, 2.45) is 40.9 Å². The molecular weight excluding hydrogens is 1630 g/mol. The molecule has 25 N–H and O–H groups in total. The highest BCUT2D eigenvalue weighted by atomic mass is 16.4. The molecule has 125 heavy (non-hydrogen) atoms. The summed E-state index contributed by atoms with van der Waals surface area (Å²) in [4.78, 5) is 244. The molecule has 0 bridgehead atoms. The number of aliphatic hydroxyl groups excluding tert-OH is 1. The number of hydrogen-bond donors (Lipinski definition) is 22. The fourth-order valence-corrected chi connectivity index (χ4v) is 14.4. The lowest BCUT2D eigenvalue weighted by Gasteiger charge is -2.31. The molecule has 16 atom stereocenters. The summed E-state index contributed by atoms with van der Waals surface area (Å²) >= 11 is 0. The normalized spacial score (nSPS) is 16.3. The quantitative estimate of drug-likeness (QED) is 0.0211. The molecule has 40 heteroatoms. The van der Waals surface area contributed by atoms with E-state index in [0.29, 0.717) is 44.9 Å². The summed E-state index contributed by atoms with van der Waals surface area (Å²) in [6.07, 6.45) is -1.60. The van der Waals surface area contributed by atoms with Gasteiger partial charge in [0.15, 0.2) is 0 Å². The zero-order valence-corrected chi connectivity index (χ0v) is 71.9. The van der Waals surface area contributed by atoms with Crippen molar-refractivity contribution in [3.8, 4) is 5.75 Å². The van der Waals surface area contributed by atoms with Crippen molar-refractivity contribution in [1.82, 2.24) is 78.7 Å². The first-order valence-electron chi connectivity index (χ1n) is 41.9. The monoisotopic (exact) mass is 1750 g/mol. The molecule has 3 heterocycles. The van der Waals surface area contributed by atoms with Crippen LogP contribution in [-0.4, -0.2) is 245 Å². The van der Waals surface area contributed by atoms with Crippen molar-refractivity contribution >= 4 is 122 Å². The molecule has 0 unspecified atom stereocenters. The summed E-state index contributed by atoms with van der Waals surface area (Å²) in [7, 11) is 0. The number of aromatic hydroxyl groups is 1. The molecule has 1 aliphatic rings. The summed E-state index contributed by atoms with van der Waals surface area (Å²) in [5, 5.41) is 83.0. The third-order valence-electron chi connectivity index (χ3n) is 21.2. The Kier molecular flexibility index (Phi) is 39.2. The van der Waals surface area contributed by atoms with Gasteiger partial charge in [-0.1, -0.05) is 110 Å². The van der Waals surface area contributed by atoms with E-state index in [1.807, 2.05) is 0 Å². The highest BCUT2D eigenvalue weighted by Gasteiger charge is 2.44. The van der Waals surface area contributed by atoms with Crippen LogP contribution in [0.2, 0.25) is 0 Å². The number of aromatic nitrogens is 2. The number of aromatic amines is 2. The zero-order valence-electron chi connectivity index (χ0n) is 71.9. The van der Waals surface area contributed by atoms with Crippen LogP contribution < -0.4 is 81.0 Å².